The van der Waals surface area contributed by atoms with E-state index in [9.17, 15) is 24.0 Å². The van der Waals surface area contributed by atoms with Gasteiger partial charge in [0.2, 0.25) is 11.7 Å². The predicted octanol–water partition coefficient (Wildman–Crippen LogP) is 6.46. The summed E-state index contributed by atoms with van der Waals surface area (Å²) in [6.45, 7) is 14.8. The molecule has 1 N–H and O–H groups in total. The van der Waals surface area contributed by atoms with E-state index in [0.29, 0.717) is 47.2 Å². The summed E-state index contributed by atoms with van der Waals surface area (Å²) in [5.41, 5.74) is -1.59. The third kappa shape index (κ3) is 10.0. The Morgan fingerprint density at radius 3 is 2.33 bits per heavy atom. The second-order valence-electron chi connectivity index (χ2n) is 16.1. The van der Waals surface area contributed by atoms with Gasteiger partial charge in [-0.2, -0.15) is 0 Å². The molecule has 0 aromatic heterocycles. The van der Waals surface area contributed by atoms with Gasteiger partial charge in [0, 0.05) is 43.2 Å². The van der Waals surface area contributed by atoms with Crippen LogP contribution < -0.4 is 14.8 Å². The van der Waals surface area contributed by atoms with E-state index in [1.165, 1.54) is 12.0 Å². The minimum atomic E-state index is -1.10. The van der Waals surface area contributed by atoms with Crippen molar-refractivity contribution in [1.29, 1.82) is 0 Å². The van der Waals surface area contributed by atoms with E-state index in [2.05, 4.69) is 10.5 Å². The first-order valence-electron chi connectivity index (χ1n) is 18.0. The predicted molar refractivity (Wildman–Crippen MR) is 192 cm³/mol. The highest BCUT2D eigenvalue weighted by Crippen LogP contribution is 2.43. The number of carbonyl (C=O) groups excluding carboxylic acids is 5. The van der Waals surface area contributed by atoms with Crippen LogP contribution in [-0.2, 0) is 28.8 Å². The second-order valence-corrected chi connectivity index (χ2v) is 16.5. The van der Waals surface area contributed by atoms with Crippen LogP contribution in [-0.4, -0.2) is 83.5 Å². The number of ketones is 3. The number of nitrogens with one attached hydrogen (secondary N) is 1. The Morgan fingerprint density at radius 1 is 1.08 bits per heavy atom. The van der Waals surface area contributed by atoms with Gasteiger partial charge in [-0.05, 0) is 64.4 Å². The normalized spacial score (nSPS) is 21.4. The SMILES string of the molecule is CCC[C@H](CC(=O)[C@@H]1C[C@]2(CC(c3cc(Cl)c(OCC)cc3OC)=NO2)CN1C(=O)[C@@H](NC(=O)OC(C)(C)C)C(C)(C)C)C(=O)C(=O)CC1CC1. The van der Waals surface area contributed by atoms with Crippen molar-refractivity contribution in [2.45, 2.75) is 130 Å². The van der Waals surface area contributed by atoms with Gasteiger partial charge in [0.25, 0.3) is 0 Å². The molecule has 3 aliphatic rings. The number of methoxy groups -OCH3 is 1. The first-order valence-corrected chi connectivity index (χ1v) is 18.3. The maximum absolute atomic E-state index is 14.6. The number of amides is 2. The third-order valence-electron chi connectivity index (χ3n) is 9.43. The lowest BCUT2D eigenvalue weighted by atomic mass is 9.84. The minimum absolute atomic E-state index is 0.0160. The fourth-order valence-electron chi connectivity index (χ4n) is 6.73. The van der Waals surface area contributed by atoms with Gasteiger partial charge in [-0.15, -0.1) is 0 Å². The average Bonchev–Trinajstić information content (AvgIpc) is 3.63. The van der Waals surface area contributed by atoms with Crippen molar-refractivity contribution in [2.24, 2.45) is 22.4 Å². The number of carbonyl (C=O) groups is 5. The Bertz CT molecular complexity index is 1540. The van der Waals surface area contributed by atoms with Crippen LogP contribution in [0.2, 0.25) is 5.02 Å². The number of nitrogens with zero attached hydrogens (tertiary/aromatic N) is 2. The summed E-state index contributed by atoms with van der Waals surface area (Å²) in [5, 5.41) is 7.51. The molecular formula is C38H54ClN3O9. The Morgan fingerprint density at radius 2 is 1.76 bits per heavy atom. The van der Waals surface area contributed by atoms with Crippen LogP contribution >= 0.6 is 11.6 Å². The summed E-state index contributed by atoms with van der Waals surface area (Å²) in [6, 6.07) is 1.29. The maximum Gasteiger partial charge on any atom is 0.408 e. The number of halogens is 1. The molecule has 2 fully saturated rings. The molecule has 0 radical (unpaired) electrons. The number of oxime groups is 1. The van der Waals surface area contributed by atoms with Gasteiger partial charge in [-0.3, -0.25) is 19.2 Å². The third-order valence-corrected chi connectivity index (χ3v) is 9.73. The van der Waals surface area contributed by atoms with Crippen LogP contribution in [0.15, 0.2) is 17.3 Å². The minimum Gasteiger partial charge on any atom is -0.496 e. The van der Waals surface area contributed by atoms with Gasteiger partial charge >= 0.3 is 6.09 Å². The van der Waals surface area contributed by atoms with E-state index in [1.807, 2.05) is 34.6 Å². The summed E-state index contributed by atoms with van der Waals surface area (Å²) in [7, 11) is 1.52. The molecule has 1 spiro atoms. The van der Waals surface area contributed by atoms with Crippen molar-refractivity contribution >= 4 is 46.7 Å². The molecule has 51 heavy (non-hydrogen) atoms. The molecule has 0 bridgehead atoms. The average molecular weight is 732 g/mol. The highest BCUT2D eigenvalue weighted by Gasteiger charge is 2.55. The van der Waals surface area contributed by atoms with Crippen LogP contribution in [0.1, 0.15) is 112 Å². The monoisotopic (exact) mass is 731 g/mol. The molecule has 12 nitrogen and oxygen atoms in total. The van der Waals surface area contributed by atoms with Crippen LogP contribution in [0.25, 0.3) is 0 Å². The van der Waals surface area contributed by atoms with Crippen molar-refractivity contribution in [2.75, 3.05) is 20.3 Å². The van der Waals surface area contributed by atoms with Gasteiger partial charge < -0.3 is 29.3 Å². The largest absolute Gasteiger partial charge is 0.496 e. The Hall–Kier alpha value is -3.67. The van der Waals surface area contributed by atoms with Gasteiger partial charge in [0.05, 0.1) is 37.0 Å². The Kier molecular flexibility index (Phi) is 12.5. The molecule has 4 rings (SSSR count). The number of ether oxygens (including phenoxy) is 3. The van der Waals surface area contributed by atoms with E-state index < -0.39 is 58.2 Å². The molecule has 2 aliphatic heterocycles. The molecule has 1 aromatic rings. The van der Waals surface area contributed by atoms with Crippen LogP contribution in [0.5, 0.6) is 11.5 Å². The van der Waals surface area contributed by atoms with Crippen LogP contribution in [0.4, 0.5) is 4.79 Å². The summed E-state index contributed by atoms with van der Waals surface area (Å²) in [5.74, 6) is -1.43. The van der Waals surface area contributed by atoms with Gasteiger partial charge in [0.15, 0.2) is 17.2 Å². The maximum atomic E-state index is 14.6. The molecule has 1 saturated heterocycles. The van der Waals surface area contributed by atoms with E-state index in [4.69, 9.17) is 30.6 Å². The van der Waals surface area contributed by atoms with Crippen molar-refractivity contribution < 1.29 is 43.0 Å². The van der Waals surface area contributed by atoms with Gasteiger partial charge in [-0.25, -0.2) is 4.79 Å². The van der Waals surface area contributed by atoms with E-state index in [0.717, 1.165) is 12.8 Å². The van der Waals surface area contributed by atoms with E-state index in [1.54, 1.807) is 32.9 Å². The molecule has 2 amide bonds. The number of alkyl carbamates (subject to hydrolysis) is 1. The summed E-state index contributed by atoms with van der Waals surface area (Å²) < 4.78 is 16.8. The van der Waals surface area contributed by atoms with Crippen molar-refractivity contribution in [1.82, 2.24) is 10.2 Å². The van der Waals surface area contributed by atoms with Crippen molar-refractivity contribution in [3.05, 3.63) is 22.7 Å². The highest BCUT2D eigenvalue weighted by molar-refractivity contribution is 6.38. The molecular weight excluding hydrogens is 678 g/mol. The summed E-state index contributed by atoms with van der Waals surface area (Å²) in [6.07, 6.45) is 2.41. The first-order chi connectivity index (χ1) is 23.8. The topological polar surface area (TPSA) is 150 Å². The molecule has 2 heterocycles. The molecule has 0 unspecified atom stereocenters. The Labute approximate surface area is 306 Å². The molecule has 13 heteroatoms. The summed E-state index contributed by atoms with van der Waals surface area (Å²) >= 11 is 6.54. The Balaban J connectivity index is 1.66. The molecule has 1 saturated carbocycles. The first kappa shape index (κ1) is 40.1. The number of hydrogen-bond acceptors (Lipinski definition) is 10. The van der Waals surface area contributed by atoms with E-state index in [-0.39, 0.29) is 43.9 Å². The zero-order valence-electron chi connectivity index (χ0n) is 31.5. The molecule has 1 aromatic carbocycles. The van der Waals surface area contributed by atoms with Gasteiger partial charge in [-0.1, -0.05) is 50.9 Å². The number of benzene rings is 1. The summed E-state index contributed by atoms with van der Waals surface area (Å²) in [4.78, 5) is 75.6. The van der Waals surface area contributed by atoms with Gasteiger partial charge in [0.1, 0.15) is 23.1 Å². The molecule has 282 valence electrons. The number of Topliss-reactive ketones (excluding diaryl/α,β-unsaturated/α-hetero) is 3. The number of rotatable bonds is 15. The fourth-order valence-corrected chi connectivity index (χ4v) is 6.95. The van der Waals surface area contributed by atoms with Crippen LogP contribution in [0.3, 0.4) is 0 Å². The lowest BCUT2D eigenvalue weighted by Gasteiger charge is -2.36. The number of hydrogen-bond donors (Lipinski definition) is 1. The number of likely N-dealkylation sites (tertiary alicyclic amines) is 1. The lowest BCUT2D eigenvalue weighted by Crippen LogP contribution is -2.57. The van der Waals surface area contributed by atoms with Crippen LogP contribution in [0, 0.1) is 17.3 Å². The standard InChI is InChI=1S/C38H54ClN3O9/c1-10-12-23(32(45)29(44)15-22-13-14-22)16-28(43)27-20-38(19-26(41-51-38)24-17-25(39)31(49-11-2)18-30(24)48-9)21-42(27)34(46)33(36(3,4)5)40-35(47)50-37(6,7)8/h17-18,22-23,27,33H,10-16,19-21H2,1-9H3,(H,40,47)/t23-,27+,33-,38-/m1/s1. The quantitative estimate of drug-likeness (QED) is 0.200. The van der Waals surface area contributed by atoms with E-state index >= 15 is 0 Å². The lowest BCUT2D eigenvalue weighted by molar-refractivity contribution is -0.143. The highest BCUT2D eigenvalue weighted by atomic mass is 35.5. The zero-order valence-corrected chi connectivity index (χ0v) is 32.2. The smallest absolute Gasteiger partial charge is 0.408 e. The fraction of sp³-hybridized carbons (Fsp3) is 0.684. The second kappa shape index (κ2) is 15.9. The molecule has 4 atom stereocenters. The zero-order chi connectivity index (χ0) is 37.9. The van der Waals surface area contributed by atoms with Crippen molar-refractivity contribution in [3.63, 3.8) is 0 Å². The van der Waals surface area contributed by atoms with Crippen molar-refractivity contribution in [3.8, 4) is 11.5 Å². The molecule has 1 aliphatic carbocycles.